The Kier molecular flexibility index (Phi) is 3.10. The zero-order valence-corrected chi connectivity index (χ0v) is 9.02. The summed E-state index contributed by atoms with van der Waals surface area (Å²) in [6, 6.07) is 7.23. The van der Waals surface area contributed by atoms with Crippen LogP contribution in [0.25, 0.3) is 0 Å². The third-order valence-corrected chi connectivity index (χ3v) is 3.17. The van der Waals surface area contributed by atoms with Crippen molar-refractivity contribution in [3.8, 4) is 5.75 Å². The molecule has 0 aliphatic carbocycles. The van der Waals surface area contributed by atoms with Crippen LogP contribution >= 0.6 is 0 Å². The van der Waals surface area contributed by atoms with E-state index in [0.717, 1.165) is 5.56 Å². The summed E-state index contributed by atoms with van der Waals surface area (Å²) in [5, 5.41) is 12.6. The van der Waals surface area contributed by atoms with Crippen LogP contribution in [0.3, 0.4) is 0 Å². The molecule has 4 N–H and O–H groups in total. The maximum absolute atomic E-state index is 11.3. The van der Waals surface area contributed by atoms with E-state index in [4.69, 9.17) is 5.73 Å². The summed E-state index contributed by atoms with van der Waals surface area (Å²) >= 11 is 0. The van der Waals surface area contributed by atoms with Crippen molar-refractivity contribution in [3.63, 3.8) is 0 Å². The van der Waals surface area contributed by atoms with Crippen LogP contribution in [-0.2, 0) is 4.79 Å². The highest BCUT2D eigenvalue weighted by Crippen LogP contribution is 2.33. The minimum absolute atomic E-state index is 0.0436. The number of hydrogen-bond acceptors (Lipinski definition) is 3. The van der Waals surface area contributed by atoms with Crippen molar-refractivity contribution in [3.05, 3.63) is 29.8 Å². The van der Waals surface area contributed by atoms with Gasteiger partial charge in [0, 0.05) is 18.9 Å². The number of piperidine rings is 1. The third-order valence-electron chi connectivity index (χ3n) is 3.17. The molecule has 2 unspecified atom stereocenters. The second-order valence-electron chi connectivity index (χ2n) is 4.17. The molecule has 0 aromatic heterocycles. The number of nitrogens with one attached hydrogen (secondary N) is 1. The first-order valence-electron chi connectivity index (χ1n) is 5.47. The molecule has 16 heavy (non-hydrogen) atoms. The van der Waals surface area contributed by atoms with Crippen LogP contribution in [0.5, 0.6) is 5.75 Å². The number of nitrogens with two attached hydrogens (primary N) is 1. The topological polar surface area (TPSA) is 75.4 Å². The summed E-state index contributed by atoms with van der Waals surface area (Å²) < 4.78 is 0. The molecule has 1 saturated heterocycles. The van der Waals surface area contributed by atoms with E-state index in [0.29, 0.717) is 19.5 Å². The number of amides is 1. The number of benzene rings is 1. The first-order chi connectivity index (χ1) is 7.72. The second-order valence-corrected chi connectivity index (χ2v) is 4.17. The van der Waals surface area contributed by atoms with E-state index in [1.54, 1.807) is 12.1 Å². The van der Waals surface area contributed by atoms with E-state index in [2.05, 4.69) is 5.32 Å². The molecule has 4 heteroatoms. The van der Waals surface area contributed by atoms with E-state index >= 15 is 0 Å². The van der Waals surface area contributed by atoms with E-state index in [1.807, 2.05) is 12.1 Å². The fourth-order valence-electron chi connectivity index (χ4n) is 2.26. The van der Waals surface area contributed by atoms with Gasteiger partial charge in [0.05, 0.1) is 0 Å². The Morgan fingerprint density at radius 2 is 2.19 bits per heavy atom. The van der Waals surface area contributed by atoms with Gasteiger partial charge < -0.3 is 16.2 Å². The third kappa shape index (κ3) is 2.02. The minimum atomic E-state index is 0.0436. The van der Waals surface area contributed by atoms with Gasteiger partial charge in [0.1, 0.15) is 5.75 Å². The lowest BCUT2D eigenvalue weighted by atomic mass is 9.81. The molecule has 0 bridgehead atoms. The summed E-state index contributed by atoms with van der Waals surface area (Å²) in [5.74, 6) is 0.551. The fourth-order valence-corrected chi connectivity index (χ4v) is 2.26. The molecule has 0 spiro atoms. The Hall–Kier alpha value is -1.55. The fraction of sp³-hybridized carbons (Fsp3) is 0.417. The van der Waals surface area contributed by atoms with Crippen molar-refractivity contribution < 1.29 is 9.90 Å². The lowest BCUT2D eigenvalue weighted by Crippen LogP contribution is -2.42. The summed E-state index contributed by atoms with van der Waals surface area (Å²) in [7, 11) is 0. The average Bonchev–Trinajstić information content (AvgIpc) is 2.30. The van der Waals surface area contributed by atoms with Crippen LogP contribution in [0.2, 0.25) is 0 Å². The van der Waals surface area contributed by atoms with Gasteiger partial charge >= 0.3 is 0 Å². The summed E-state index contributed by atoms with van der Waals surface area (Å²) in [5.41, 5.74) is 6.55. The van der Waals surface area contributed by atoms with Crippen LogP contribution in [0.4, 0.5) is 0 Å². The van der Waals surface area contributed by atoms with Gasteiger partial charge in [-0.2, -0.15) is 0 Å². The Morgan fingerprint density at radius 1 is 1.44 bits per heavy atom. The van der Waals surface area contributed by atoms with Crippen molar-refractivity contribution in [2.75, 3.05) is 13.1 Å². The Morgan fingerprint density at radius 3 is 2.88 bits per heavy atom. The van der Waals surface area contributed by atoms with E-state index < -0.39 is 0 Å². The number of para-hydroxylation sites is 1. The Bertz CT molecular complexity index is 392. The Balaban J connectivity index is 2.26. The van der Waals surface area contributed by atoms with Crippen LogP contribution in [0.1, 0.15) is 17.9 Å². The molecule has 1 aromatic rings. The van der Waals surface area contributed by atoms with Gasteiger partial charge in [-0.05, 0) is 24.1 Å². The predicted molar refractivity (Wildman–Crippen MR) is 61.0 cm³/mol. The van der Waals surface area contributed by atoms with Crippen molar-refractivity contribution in [2.45, 2.75) is 12.3 Å². The molecule has 1 amide bonds. The van der Waals surface area contributed by atoms with Gasteiger partial charge in [-0.3, -0.25) is 4.79 Å². The summed E-state index contributed by atoms with van der Waals surface area (Å²) in [6.07, 6.45) is 0.440. The molecule has 0 radical (unpaired) electrons. The van der Waals surface area contributed by atoms with Crippen LogP contribution < -0.4 is 11.1 Å². The molecule has 1 aliphatic rings. The van der Waals surface area contributed by atoms with Gasteiger partial charge in [0.25, 0.3) is 0 Å². The highest BCUT2D eigenvalue weighted by Gasteiger charge is 2.30. The highest BCUT2D eigenvalue weighted by molar-refractivity contribution is 5.77. The van der Waals surface area contributed by atoms with Crippen molar-refractivity contribution >= 4 is 5.91 Å². The van der Waals surface area contributed by atoms with Gasteiger partial charge in [-0.1, -0.05) is 18.2 Å². The average molecular weight is 220 g/mol. The van der Waals surface area contributed by atoms with Crippen molar-refractivity contribution in [1.82, 2.24) is 5.32 Å². The van der Waals surface area contributed by atoms with Crippen LogP contribution in [0.15, 0.2) is 24.3 Å². The van der Waals surface area contributed by atoms with E-state index in [-0.39, 0.29) is 23.5 Å². The van der Waals surface area contributed by atoms with Crippen molar-refractivity contribution in [2.24, 2.45) is 11.7 Å². The minimum Gasteiger partial charge on any atom is -0.508 e. The zero-order valence-electron chi connectivity index (χ0n) is 9.02. The largest absolute Gasteiger partial charge is 0.508 e. The summed E-state index contributed by atoms with van der Waals surface area (Å²) in [4.78, 5) is 11.3. The lowest BCUT2D eigenvalue weighted by molar-refractivity contribution is -0.123. The normalized spacial score (nSPS) is 25.2. The second kappa shape index (κ2) is 4.53. The standard InChI is InChI=1S/C12H16N2O2/c13-6-8-5-12(16)14-7-10(8)9-3-1-2-4-11(9)15/h1-4,8,10,15H,5-7,13H2,(H,14,16). The number of carbonyl (C=O) groups excluding carboxylic acids is 1. The number of rotatable bonds is 2. The smallest absolute Gasteiger partial charge is 0.220 e. The van der Waals surface area contributed by atoms with E-state index in [1.165, 1.54) is 0 Å². The number of carbonyl (C=O) groups is 1. The SMILES string of the molecule is NCC1CC(=O)NCC1c1ccccc1O. The quantitative estimate of drug-likeness (QED) is 0.682. The molecular weight excluding hydrogens is 204 g/mol. The van der Waals surface area contributed by atoms with Crippen LogP contribution in [-0.4, -0.2) is 24.1 Å². The van der Waals surface area contributed by atoms with E-state index in [9.17, 15) is 9.90 Å². The highest BCUT2D eigenvalue weighted by atomic mass is 16.3. The number of hydrogen-bond donors (Lipinski definition) is 3. The van der Waals surface area contributed by atoms with Gasteiger partial charge in [0.2, 0.25) is 5.91 Å². The molecule has 1 fully saturated rings. The molecule has 1 aromatic carbocycles. The summed E-state index contributed by atoms with van der Waals surface area (Å²) in [6.45, 7) is 1.02. The number of phenolic OH excluding ortho intramolecular Hbond substituents is 1. The Labute approximate surface area is 94.5 Å². The molecule has 1 aliphatic heterocycles. The molecule has 1 heterocycles. The van der Waals surface area contributed by atoms with Gasteiger partial charge in [0.15, 0.2) is 0 Å². The monoisotopic (exact) mass is 220 g/mol. The zero-order chi connectivity index (χ0) is 11.5. The molecule has 86 valence electrons. The molecule has 0 saturated carbocycles. The number of aromatic hydroxyl groups is 1. The maximum Gasteiger partial charge on any atom is 0.220 e. The molecule has 2 atom stereocenters. The first kappa shape index (κ1) is 11.0. The van der Waals surface area contributed by atoms with Crippen molar-refractivity contribution in [1.29, 1.82) is 0 Å². The van der Waals surface area contributed by atoms with Crippen LogP contribution in [0, 0.1) is 5.92 Å². The molecule has 4 nitrogen and oxygen atoms in total. The van der Waals surface area contributed by atoms with Gasteiger partial charge in [-0.25, -0.2) is 0 Å². The lowest BCUT2D eigenvalue weighted by Gasteiger charge is -2.31. The molecule has 2 rings (SSSR count). The number of phenols is 1. The predicted octanol–water partition coefficient (Wildman–Crippen LogP) is 0.571. The maximum atomic E-state index is 11.3. The van der Waals surface area contributed by atoms with Gasteiger partial charge in [-0.15, -0.1) is 0 Å². The molecular formula is C12H16N2O2. The first-order valence-corrected chi connectivity index (χ1v) is 5.47.